The number of amides is 1. The Morgan fingerprint density at radius 1 is 1.21 bits per heavy atom. The molecule has 0 spiro atoms. The summed E-state index contributed by atoms with van der Waals surface area (Å²) in [6, 6.07) is 5.71. The van der Waals surface area contributed by atoms with Gasteiger partial charge in [0.15, 0.2) is 11.5 Å². The van der Waals surface area contributed by atoms with Gasteiger partial charge in [0.2, 0.25) is 6.79 Å². The summed E-state index contributed by atoms with van der Waals surface area (Å²) in [5, 5.41) is 10.3. The molecule has 0 unspecified atom stereocenters. The Kier molecular flexibility index (Phi) is 6.31. The topological polar surface area (TPSA) is 80.7 Å². The summed E-state index contributed by atoms with van der Waals surface area (Å²) in [5.74, 6) is 1.60. The number of aliphatic hydroxyl groups is 1. The monoisotopic (exact) mass is 392 g/mol. The molecule has 154 valence electrons. The molecular weight excluding hydrogens is 364 g/mol. The highest BCUT2D eigenvalue weighted by molar-refractivity contribution is 5.81. The number of aliphatic hydroxyl groups excluding tert-OH is 1. The zero-order valence-corrected chi connectivity index (χ0v) is 16.0. The van der Waals surface area contributed by atoms with Crippen LogP contribution in [0.1, 0.15) is 18.4 Å². The maximum absolute atomic E-state index is 12.4. The van der Waals surface area contributed by atoms with Crippen LogP contribution in [0.15, 0.2) is 18.2 Å². The summed E-state index contributed by atoms with van der Waals surface area (Å²) >= 11 is 0. The molecule has 8 nitrogen and oxygen atoms in total. The van der Waals surface area contributed by atoms with E-state index in [4.69, 9.17) is 18.9 Å². The molecule has 3 aliphatic rings. The Hall–Kier alpha value is -1.87. The minimum Gasteiger partial charge on any atom is -0.454 e. The van der Waals surface area contributed by atoms with Crippen LogP contribution in [-0.2, 0) is 20.9 Å². The zero-order valence-electron chi connectivity index (χ0n) is 16.0. The van der Waals surface area contributed by atoms with Crippen LogP contribution in [0.2, 0.25) is 0 Å². The minimum absolute atomic E-state index is 0.116. The molecular formula is C20H28N2O6. The highest BCUT2D eigenvalue weighted by Gasteiger charge is 2.30. The van der Waals surface area contributed by atoms with E-state index in [2.05, 4.69) is 4.90 Å². The van der Waals surface area contributed by atoms with Crippen LogP contribution in [0.4, 0.5) is 0 Å². The van der Waals surface area contributed by atoms with E-state index in [9.17, 15) is 9.90 Å². The number of β-amino-alcohol motifs (C(OH)–C–C–N with tert-alkyl or cyclic N) is 1. The number of ether oxygens (including phenoxy) is 4. The highest BCUT2D eigenvalue weighted by Crippen LogP contribution is 2.32. The first-order chi connectivity index (χ1) is 13.7. The molecule has 0 aliphatic carbocycles. The zero-order chi connectivity index (χ0) is 19.3. The van der Waals surface area contributed by atoms with Gasteiger partial charge in [-0.15, -0.1) is 0 Å². The fraction of sp³-hybridized carbons (Fsp3) is 0.650. The van der Waals surface area contributed by atoms with Gasteiger partial charge in [-0.05, 0) is 30.5 Å². The lowest BCUT2D eigenvalue weighted by atomic mass is 10.2. The van der Waals surface area contributed by atoms with Gasteiger partial charge >= 0.3 is 0 Å². The summed E-state index contributed by atoms with van der Waals surface area (Å²) in [7, 11) is 0. The maximum Gasteiger partial charge on any atom is 0.251 e. The van der Waals surface area contributed by atoms with Gasteiger partial charge in [0.05, 0.1) is 19.3 Å². The molecule has 0 aromatic heterocycles. The lowest BCUT2D eigenvalue weighted by molar-refractivity contribution is -0.142. The Balaban J connectivity index is 1.14. The average Bonchev–Trinajstić information content (AvgIpc) is 3.39. The molecule has 2 saturated heterocycles. The molecule has 8 heteroatoms. The molecule has 1 amide bonds. The Morgan fingerprint density at radius 2 is 2.04 bits per heavy atom. The van der Waals surface area contributed by atoms with Gasteiger partial charge in [-0.1, -0.05) is 6.07 Å². The summed E-state index contributed by atoms with van der Waals surface area (Å²) < 4.78 is 21.8. The fourth-order valence-electron chi connectivity index (χ4n) is 3.82. The van der Waals surface area contributed by atoms with Crippen LogP contribution in [0.3, 0.4) is 0 Å². The molecule has 0 radical (unpaired) electrons. The number of nitrogens with zero attached hydrogens (tertiary/aromatic N) is 2. The molecule has 4 rings (SSSR count). The number of carbonyl (C=O) groups is 1. The van der Waals surface area contributed by atoms with Gasteiger partial charge < -0.3 is 29.0 Å². The third kappa shape index (κ3) is 4.75. The SMILES string of the molecule is O=C([C@@H]1CCCO1)N1CCN(C[C@@H](O)COCc2ccc3c(c2)OCO3)CC1. The van der Waals surface area contributed by atoms with Crippen molar-refractivity contribution in [2.75, 3.05) is 52.7 Å². The molecule has 2 atom stereocenters. The Morgan fingerprint density at radius 3 is 2.82 bits per heavy atom. The second kappa shape index (κ2) is 9.09. The van der Waals surface area contributed by atoms with E-state index >= 15 is 0 Å². The van der Waals surface area contributed by atoms with E-state index in [1.54, 1.807) is 0 Å². The van der Waals surface area contributed by atoms with Gasteiger partial charge in [-0.25, -0.2) is 0 Å². The van der Waals surface area contributed by atoms with E-state index in [0.717, 1.165) is 43.0 Å². The molecule has 3 aliphatic heterocycles. The standard InChI is InChI=1S/C20H28N2O6/c23-16(13-25-12-15-3-4-17-19(10-15)28-14-27-17)11-21-5-7-22(8-6-21)20(24)18-2-1-9-26-18/h3-4,10,16,18,23H,1-2,5-9,11-14H2/t16-,18+/m1/s1. The molecule has 0 saturated carbocycles. The third-order valence-electron chi connectivity index (χ3n) is 5.37. The van der Waals surface area contributed by atoms with Gasteiger partial charge in [0.1, 0.15) is 6.10 Å². The summed E-state index contributed by atoms with van der Waals surface area (Å²) in [4.78, 5) is 16.4. The highest BCUT2D eigenvalue weighted by atomic mass is 16.7. The van der Waals surface area contributed by atoms with Gasteiger partial charge in [0.25, 0.3) is 5.91 Å². The number of carbonyl (C=O) groups excluding carboxylic acids is 1. The minimum atomic E-state index is -0.561. The Labute approximate surface area is 164 Å². The summed E-state index contributed by atoms with van der Waals surface area (Å²) in [6.07, 6.45) is 0.990. The van der Waals surface area contributed by atoms with E-state index < -0.39 is 6.10 Å². The number of fused-ring (bicyclic) bond motifs is 1. The quantitative estimate of drug-likeness (QED) is 0.728. The predicted molar refractivity (Wildman–Crippen MR) is 100 cm³/mol. The van der Waals surface area contributed by atoms with Crippen molar-refractivity contribution in [1.29, 1.82) is 0 Å². The molecule has 1 aromatic carbocycles. The van der Waals surface area contributed by atoms with Crippen molar-refractivity contribution in [3.05, 3.63) is 23.8 Å². The van der Waals surface area contributed by atoms with Gasteiger partial charge in [-0.3, -0.25) is 9.69 Å². The summed E-state index contributed by atoms with van der Waals surface area (Å²) in [6.45, 7) is 5.06. The molecule has 1 N–H and O–H groups in total. The third-order valence-corrected chi connectivity index (χ3v) is 5.37. The van der Waals surface area contributed by atoms with Gasteiger partial charge in [0, 0.05) is 39.3 Å². The van der Waals surface area contributed by atoms with E-state index in [1.165, 1.54) is 0 Å². The first-order valence-corrected chi connectivity index (χ1v) is 9.96. The lowest BCUT2D eigenvalue weighted by Gasteiger charge is -2.36. The van der Waals surface area contributed by atoms with Crippen molar-refractivity contribution >= 4 is 5.91 Å². The van der Waals surface area contributed by atoms with Crippen molar-refractivity contribution in [2.24, 2.45) is 0 Å². The first kappa shape index (κ1) is 19.4. The number of hydrogen-bond acceptors (Lipinski definition) is 7. The summed E-state index contributed by atoms with van der Waals surface area (Å²) in [5.41, 5.74) is 0.984. The second-order valence-corrected chi connectivity index (χ2v) is 7.48. The van der Waals surface area contributed by atoms with Crippen molar-refractivity contribution in [3.8, 4) is 11.5 Å². The van der Waals surface area contributed by atoms with Crippen LogP contribution in [0, 0.1) is 0 Å². The van der Waals surface area contributed by atoms with Crippen LogP contribution in [0.25, 0.3) is 0 Å². The van der Waals surface area contributed by atoms with Crippen molar-refractivity contribution in [3.63, 3.8) is 0 Å². The van der Waals surface area contributed by atoms with Crippen molar-refractivity contribution in [2.45, 2.75) is 31.7 Å². The van der Waals surface area contributed by atoms with Crippen molar-refractivity contribution < 1.29 is 28.8 Å². The normalized spacial score (nSPS) is 23.2. The number of rotatable bonds is 7. The van der Waals surface area contributed by atoms with Crippen LogP contribution >= 0.6 is 0 Å². The first-order valence-electron chi connectivity index (χ1n) is 9.96. The predicted octanol–water partition coefficient (Wildman–Crippen LogP) is 0.616. The molecule has 3 heterocycles. The van der Waals surface area contributed by atoms with E-state index in [0.29, 0.717) is 32.8 Å². The average molecular weight is 392 g/mol. The van der Waals surface area contributed by atoms with Crippen LogP contribution < -0.4 is 9.47 Å². The number of hydrogen-bond donors (Lipinski definition) is 1. The number of benzene rings is 1. The van der Waals surface area contributed by atoms with Crippen LogP contribution in [0.5, 0.6) is 11.5 Å². The number of piperazine rings is 1. The Bertz CT molecular complexity index is 671. The van der Waals surface area contributed by atoms with E-state index in [1.807, 2.05) is 23.1 Å². The largest absolute Gasteiger partial charge is 0.454 e. The molecule has 28 heavy (non-hydrogen) atoms. The maximum atomic E-state index is 12.4. The second-order valence-electron chi connectivity index (χ2n) is 7.48. The van der Waals surface area contributed by atoms with Gasteiger partial charge in [-0.2, -0.15) is 0 Å². The smallest absolute Gasteiger partial charge is 0.251 e. The lowest BCUT2D eigenvalue weighted by Crippen LogP contribution is -2.52. The fourth-order valence-corrected chi connectivity index (χ4v) is 3.82. The molecule has 1 aromatic rings. The van der Waals surface area contributed by atoms with Crippen molar-refractivity contribution in [1.82, 2.24) is 9.80 Å². The van der Waals surface area contributed by atoms with Crippen LogP contribution in [-0.4, -0.2) is 85.8 Å². The molecule has 0 bridgehead atoms. The molecule has 2 fully saturated rings. The van der Waals surface area contributed by atoms with E-state index in [-0.39, 0.29) is 25.4 Å².